The SMILES string of the molecule is CC(C)CN(CCCN)c1ccc2c(n1)CCC2. The van der Waals surface area contributed by atoms with Crippen LogP contribution >= 0.6 is 0 Å². The van der Waals surface area contributed by atoms with Crippen LogP contribution in [0, 0.1) is 5.92 Å². The second-order valence-corrected chi connectivity index (χ2v) is 5.61. The summed E-state index contributed by atoms with van der Waals surface area (Å²) in [7, 11) is 0. The van der Waals surface area contributed by atoms with Crippen molar-refractivity contribution in [3.8, 4) is 0 Å². The van der Waals surface area contributed by atoms with E-state index in [0.29, 0.717) is 5.92 Å². The van der Waals surface area contributed by atoms with Gasteiger partial charge in [-0.05, 0) is 49.8 Å². The highest BCUT2D eigenvalue weighted by Crippen LogP contribution is 2.23. The molecule has 1 aromatic heterocycles. The van der Waals surface area contributed by atoms with Crippen molar-refractivity contribution in [2.24, 2.45) is 11.7 Å². The Hall–Kier alpha value is -1.09. The third-order valence-corrected chi connectivity index (χ3v) is 3.46. The quantitative estimate of drug-likeness (QED) is 0.839. The van der Waals surface area contributed by atoms with Crippen molar-refractivity contribution < 1.29 is 0 Å². The van der Waals surface area contributed by atoms with Crippen molar-refractivity contribution in [2.75, 3.05) is 24.5 Å². The first-order chi connectivity index (χ1) is 8.70. The first kappa shape index (κ1) is 13.3. The van der Waals surface area contributed by atoms with Crippen molar-refractivity contribution in [3.63, 3.8) is 0 Å². The summed E-state index contributed by atoms with van der Waals surface area (Å²) in [6, 6.07) is 4.45. The molecule has 3 heteroatoms. The maximum Gasteiger partial charge on any atom is 0.128 e. The summed E-state index contributed by atoms with van der Waals surface area (Å²) in [6.07, 6.45) is 4.65. The van der Waals surface area contributed by atoms with Crippen LogP contribution in [-0.4, -0.2) is 24.6 Å². The molecule has 0 aliphatic heterocycles. The van der Waals surface area contributed by atoms with Gasteiger partial charge in [-0.25, -0.2) is 4.98 Å². The highest BCUT2D eigenvalue weighted by molar-refractivity contribution is 5.43. The van der Waals surface area contributed by atoms with E-state index in [1.807, 2.05) is 0 Å². The zero-order valence-electron chi connectivity index (χ0n) is 11.7. The van der Waals surface area contributed by atoms with E-state index in [9.17, 15) is 0 Å². The molecule has 0 unspecified atom stereocenters. The molecule has 0 bridgehead atoms. The molecule has 1 aliphatic rings. The van der Waals surface area contributed by atoms with E-state index in [4.69, 9.17) is 10.7 Å². The summed E-state index contributed by atoms with van der Waals surface area (Å²) in [5, 5.41) is 0. The minimum atomic E-state index is 0.651. The minimum absolute atomic E-state index is 0.651. The van der Waals surface area contributed by atoms with Crippen LogP contribution < -0.4 is 10.6 Å². The molecule has 0 atom stereocenters. The molecule has 2 rings (SSSR count). The first-order valence-corrected chi connectivity index (χ1v) is 7.14. The van der Waals surface area contributed by atoms with Gasteiger partial charge < -0.3 is 10.6 Å². The highest BCUT2D eigenvalue weighted by Gasteiger charge is 2.15. The minimum Gasteiger partial charge on any atom is -0.356 e. The van der Waals surface area contributed by atoms with E-state index in [0.717, 1.165) is 38.3 Å². The predicted molar refractivity (Wildman–Crippen MR) is 77.0 cm³/mol. The molecule has 0 amide bonds. The van der Waals surface area contributed by atoms with Crippen molar-refractivity contribution in [2.45, 2.75) is 39.5 Å². The zero-order valence-corrected chi connectivity index (χ0v) is 11.7. The van der Waals surface area contributed by atoms with Crippen LogP contribution in [0.3, 0.4) is 0 Å². The molecule has 0 aromatic carbocycles. The molecule has 0 radical (unpaired) electrons. The summed E-state index contributed by atoms with van der Waals surface area (Å²) >= 11 is 0. The molecule has 2 N–H and O–H groups in total. The Morgan fingerprint density at radius 1 is 1.33 bits per heavy atom. The van der Waals surface area contributed by atoms with Gasteiger partial charge in [0.1, 0.15) is 5.82 Å². The molecule has 1 aliphatic carbocycles. The Bertz CT molecular complexity index is 387. The van der Waals surface area contributed by atoms with Crippen LogP contribution in [0.5, 0.6) is 0 Å². The summed E-state index contributed by atoms with van der Waals surface area (Å²) in [6.45, 7) is 7.33. The number of pyridine rings is 1. The predicted octanol–water partition coefficient (Wildman–Crippen LogP) is 2.38. The fourth-order valence-corrected chi connectivity index (χ4v) is 2.61. The van der Waals surface area contributed by atoms with E-state index in [1.165, 1.54) is 24.1 Å². The van der Waals surface area contributed by atoms with Crippen LogP contribution in [0.15, 0.2) is 12.1 Å². The number of rotatable bonds is 6. The van der Waals surface area contributed by atoms with Crippen molar-refractivity contribution in [3.05, 3.63) is 23.4 Å². The lowest BCUT2D eigenvalue weighted by Gasteiger charge is -2.26. The Kier molecular flexibility index (Phi) is 4.59. The Morgan fingerprint density at radius 3 is 2.89 bits per heavy atom. The number of hydrogen-bond donors (Lipinski definition) is 1. The highest BCUT2D eigenvalue weighted by atomic mass is 15.2. The Morgan fingerprint density at radius 2 is 2.17 bits per heavy atom. The summed E-state index contributed by atoms with van der Waals surface area (Å²) in [5.74, 6) is 1.79. The van der Waals surface area contributed by atoms with Crippen LogP contribution in [0.2, 0.25) is 0 Å². The van der Waals surface area contributed by atoms with Gasteiger partial charge in [0, 0.05) is 18.8 Å². The number of hydrogen-bond acceptors (Lipinski definition) is 3. The maximum atomic E-state index is 5.63. The fraction of sp³-hybridized carbons (Fsp3) is 0.667. The first-order valence-electron chi connectivity index (χ1n) is 7.14. The average Bonchev–Trinajstić information content (AvgIpc) is 2.81. The topological polar surface area (TPSA) is 42.1 Å². The van der Waals surface area contributed by atoms with Crippen molar-refractivity contribution >= 4 is 5.82 Å². The molecule has 100 valence electrons. The number of nitrogens with two attached hydrogens (primary N) is 1. The van der Waals surface area contributed by atoms with Crippen LogP contribution in [0.4, 0.5) is 5.82 Å². The summed E-state index contributed by atoms with van der Waals surface area (Å²) in [5.41, 5.74) is 8.39. The van der Waals surface area contributed by atoms with E-state index in [2.05, 4.69) is 30.9 Å². The zero-order chi connectivity index (χ0) is 13.0. The number of anilines is 1. The van der Waals surface area contributed by atoms with Gasteiger partial charge in [0.15, 0.2) is 0 Å². The van der Waals surface area contributed by atoms with Gasteiger partial charge in [-0.15, -0.1) is 0 Å². The number of aromatic nitrogens is 1. The van der Waals surface area contributed by atoms with E-state index in [1.54, 1.807) is 0 Å². The Labute approximate surface area is 110 Å². The molecule has 0 saturated heterocycles. The van der Waals surface area contributed by atoms with Gasteiger partial charge in [0.2, 0.25) is 0 Å². The van der Waals surface area contributed by atoms with Gasteiger partial charge in [-0.3, -0.25) is 0 Å². The van der Waals surface area contributed by atoms with Gasteiger partial charge in [-0.2, -0.15) is 0 Å². The smallest absolute Gasteiger partial charge is 0.128 e. The number of aryl methyl sites for hydroxylation is 2. The fourth-order valence-electron chi connectivity index (χ4n) is 2.61. The second-order valence-electron chi connectivity index (χ2n) is 5.61. The normalized spacial score (nSPS) is 14.0. The number of nitrogens with zero attached hydrogens (tertiary/aromatic N) is 2. The molecule has 1 heterocycles. The number of fused-ring (bicyclic) bond motifs is 1. The molecule has 3 nitrogen and oxygen atoms in total. The summed E-state index contributed by atoms with van der Waals surface area (Å²) < 4.78 is 0. The lowest BCUT2D eigenvalue weighted by molar-refractivity contribution is 0.596. The molecule has 0 saturated carbocycles. The van der Waals surface area contributed by atoms with Crippen LogP contribution in [-0.2, 0) is 12.8 Å². The van der Waals surface area contributed by atoms with Crippen molar-refractivity contribution in [1.29, 1.82) is 0 Å². The van der Waals surface area contributed by atoms with Gasteiger partial charge in [0.25, 0.3) is 0 Å². The molecule has 1 aromatic rings. The van der Waals surface area contributed by atoms with E-state index < -0.39 is 0 Å². The standard InChI is InChI=1S/C15H25N3/c1-12(2)11-18(10-4-9-16)15-8-7-13-5-3-6-14(13)17-15/h7-8,12H,3-6,9-11,16H2,1-2H3. The monoisotopic (exact) mass is 247 g/mol. The molecule has 0 spiro atoms. The molecular weight excluding hydrogens is 222 g/mol. The van der Waals surface area contributed by atoms with Crippen LogP contribution in [0.1, 0.15) is 37.9 Å². The third-order valence-electron chi connectivity index (χ3n) is 3.46. The average molecular weight is 247 g/mol. The largest absolute Gasteiger partial charge is 0.356 e. The second kappa shape index (κ2) is 6.19. The van der Waals surface area contributed by atoms with Gasteiger partial charge in [-0.1, -0.05) is 19.9 Å². The van der Waals surface area contributed by atoms with E-state index >= 15 is 0 Å². The molecular formula is C15H25N3. The lowest BCUT2D eigenvalue weighted by atomic mass is 10.2. The Balaban J connectivity index is 2.13. The van der Waals surface area contributed by atoms with Crippen LogP contribution in [0.25, 0.3) is 0 Å². The van der Waals surface area contributed by atoms with Gasteiger partial charge >= 0.3 is 0 Å². The maximum absolute atomic E-state index is 5.63. The van der Waals surface area contributed by atoms with Gasteiger partial charge in [0.05, 0.1) is 0 Å². The molecule has 18 heavy (non-hydrogen) atoms. The van der Waals surface area contributed by atoms with Crippen molar-refractivity contribution in [1.82, 2.24) is 4.98 Å². The third kappa shape index (κ3) is 3.22. The lowest BCUT2D eigenvalue weighted by Crippen LogP contribution is -2.30. The molecule has 0 fully saturated rings. The van der Waals surface area contributed by atoms with E-state index in [-0.39, 0.29) is 0 Å². The summed E-state index contributed by atoms with van der Waals surface area (Å²) in [4.78, 5) is 7.23.